The molecule has 26 heavy (non-hydrogen) atoms. The summed E-state index contributed by atoms with van der Waals surface area (Å²) >= 11 is 0. The highest BCUT2D eigenvalue weighted by molar-refractivity contribution is 6.07. The lowest BCUT2D eigenvalue weighted by Gasteiger charge is -2.18. The molecular weight excluding hydrogens is 328 g/mol. The lowest BCUT2D eigenvalue weighted by molar-refractivity contribution is -0.112. The van der Waals surface area contributed by atoms with Gasteiger partial charge in [-0.05, 0) is 36.3 Å². The number of fused-ring (bicyclic) bond motifs is 1. The quantitative estimate of drug-likeness (QED) is 0.517. The fourth-order valence-electron chi connectivity index (χ4n) is 2.55. The zero-order valence-corrected chi connectivity index (χ0v) is 14.4. The molecule has 1 aliphatic rings. The summed E-state index contributed by atoms with van der Waals surface area (Å²) in [6.07, 6.45) is 3.48. The summed E-state index contributed by atoms with van der Waals surface area (Å²) in [7, 11) is 0. The van der Waals surface area contributed by atoms with Crippen molar-refractivity contribution < 1.29 is 14.3 Å². The molecule has 0 radical (unpaired) electrons. The minimum Gasteiger partial charge on any atom is -0.486 e. The van der Waals surface area contributed by atoms with Crippen LogP contribution in [0.25, 0.3) is 6.08 Å². The summed E-state index contributed by atoms with van der Waals surface area (Å²) in [5, 5.41) is 12.1. The van der Waals surface area contributed by atoms with Crippen LogP contribution in [0.4, 0.5) is 5.69 Å². The third kappa shape index (κ3) is 4.31. The molecule has 0 saturated carbocycles. The first-order valence-electron chi connectivity index (χ1n) is 8.22. The second-order valence-electron chi connectivity index (χ2n) is 5.78. The van der Waals surface area contributed by atoms with Gasteiger partial charge in [-0.2, -0.15) is 5.26 Å². The van der Waals surface area contributed by atoms with E-state index in [0.717, 1.165) is 11.1 Å². The van der Waals surface area contributed by atoms with E-state index in [2.05, 4.69) is 5.32 Å². The Kier molecular flexibility index (Phi) is 5.35. The van der Waals surface area contributed by atoms with Crippen LogP contribution in [0.2, 0.25) is 0 Å². The van der Waals surface area contributed by atoms with Gasteiger partial charge in [0.25, 0.3) is 5.91 Å². The van der Waals surface area contributed by atoms with Gasteiger partial charge in [-0.15, -0.1) is 0 Å². The average Bonchev–Trinajstić information content (AvgIpc) is 2.66. The Bertz CT molecular complexity index is 909. The molecule has 0 saturated heterocycles. The molecule has 0 aromatic heterocycles. The van der Waals surface area contributed by atoms with Gasteiger partial charge in [0, 0.05) is 11.8 Å². The number of amides is 1. The van der Waals surface area contributed by atoms with Crippen molar-refractivity contribution in [2.24, 2.45) is 0 Å². The first-order valence-corrected chi connectivity index (χ1v) is 8.22. The summed E-state index contributed by atoms with van der Waals surface area (Å²) in [6, 6.07) is 16.8. The molecule has 2 aromatic carbocycles. The Balaban J connectivity index is 1.75. The fourth-order valence-corrected chi connectivity index (χ4v) is 2.55. The molecule has 5 nitrogen and oxygen atoms in total. The first-order chi connectivity index (χ1) is 12.7. The highest BCUT2D eigenvalue weighted by atomic mass is 16.6. The fraction of sp³-hybridized carbons (Fsp3) is 0.143. The van der Waals surface area contributed by atoms with Crippen molar-refractivity contribution in [3.63, 3.8) is 0 Å². The molecule has 0 atom stereocenters. The van der Waals surface area contributed by atoms with Gasteiger partial charge in [0.1, 0.15) is 24.9 Å². The van der Waals surface area contributed by atoms with Crippen LogP contribution in [0.5, 0.6) is 11.5 Å². The normalized spacial score (nSPS) is 13.7. The number of allylic oxidation sites excluding steroid dienone is 2. The van der Waals surface area contributed by atoms with Crippen LogP contribution in [-0.4, -0.2) is 19.1 Å². The molecule has 0 spiro atoms. The number of anilines is 1. The van der Waals surface area contributed by atoms with Crippen LogP contribution in [0.1, 0.15) is 12.5 Å². The number of nitrogens with zero attached hydrogens (tertiary/aromatic N) is 1. The summed E-state index contributed by atoms with van der Waals surface area (Å²) in [6.45, 7) is 2.83. The van der Waals surface area contributed by atoms with Crippen molar-refractivity contribution in [3.05, 3.63) is 71.3 Å². The van der Waals surface area contributed by atoms with Crippen LogP contribution < -0.4 is 14.8 Å². The summed E-state index contributed by atoms with van der Waals surface area (Å²) in [5.41, 5.74) is 2.39. The first kappa shape index (κ1) is 17.3. The van der Waals surface area contributed by atoms with Crippen LogP contribution in [-0.2, 0) is 4.79 Å². The molecule has 0 fully saturated rings. The van der Waals surface area contributed by atoms with Gasteiger partial charge in [-0.1, -0.05) is 36.4 Å². The molecule has 3 rings (SSSR count). The molecule has 0 unspecified atom stereocenters. The number of ether oxygens (including phenoxy) is 2. The second kappa shape index (κ2) is 8.04. The molecule has 2 aromatic rings. The predicted octanol–water partition coefficient (Wildman–Crippen LogP) is 3.95. The monoisotopic (exact) mass is 346 g/mol. The molecule has 0 aliphatic carbocycles. The molecule has 0 bridgehead atoms. The third-order valence-electron chi connectivity index (χ3n) is 3.73. The largest absolute Gasteiger partial charge is 0.486 e. The van der Waals surface area contributed by atoms with Gasteiger partial charge in [-0.25, -0.2) is 0 Å². The van der Waals surface area contributed by atoms with Crippen LogP contribution in [0, 0.1) is 11.3 Å². The van der Waals surface area contributed by atoms with Crippen LogP contribution in [0.15, 0.2) is 65.8 Å². The van der Waals surface area contributed by atoms with Crippen LogP contribution >= 0.6 is 0 Å². The van der Waals surface area contributed by atoms with E-state index in [-0.39, 0.29) is 5.57 Å². The van der Waals surface area contributed by atoms with Crippen molar-refractivity contribution in [1.29, 1.82) is 5.26 Å². The Morgan fingerprint density at radius 2 is 1.85 bits per heavy atom. The minimum absolute atomic E-state index is 0.0320. The lowest BCUT2D eigenvalue weighted by Crippen LogP contribution is -2.17. The van der Waals surface area contributed by atoms with Gasteiger partial charge in [0.05, 0.1) is 0 Å². The Morgan fingerprint density at radius 1 is 1.12 bits per heavy atom. The highest BCUT2D eigenvalue weighted by Crippen LogP contribution is 2.32. The van der Waals surface area contributed by atoms with E-state index in [1.54, 1.807) is 24.3 Å². The van der Waals surface area contributed by atoms with E-state index in [9.17, 15) is 10.1 Å². The highest BCUT2D eigenvalue weighted by Gasteiger charge is 2.14. The van der Waals surface area contributed by atoms with E-state index in [1.165, 1.54) is 0 Å². The van der Waals surface area contributed by atoms with Gasteiger partial charge < -0.3 is 14.8 Å². The van der Waals surface area contributed by atoms with Crippen molar-refractivity contribution in [3.8, 4) is 17.6 Å². The molecule has 1 amide bonds. The minimum atomic E-state index is -0.468. The topological polar surface area (TPSA) is 71.4 Å². The van der Waals surface area contributed by atoms with Crippen molar-refractivity contribution >= 4 is 17.7 Å². The Hall–Kier alpha value is -3.52. The zero-order valence-electron chi connectivity index (χ0n) is 14.4. The predicted molar refractivity (Wildman–Crippen MR) is 99.9 cm³/mol. The number of nitriles is 1. The van der Waals surface area contributed by atoms with E-state index >= 15 is 0 Å². The second-order valence-corrected chi connectivity index (χ2v) is 5.78. The standard InChI is InChI=1S/C21H18N2O3/c1-15(11-16-5-3-2-4-6-16)12-17(14-22)21(24)23-18-7-8-19-20(13-18)26-10-9-25-19/h2-8,11-13H,9-10H2,1H3,(H,23,24)/b15-11-,17-12-. The van der Waals surface area contributed by atoms with Crippen LogP contribution in [0.3, 0.4) is 0 Å². The summed E-state index contributed by atoms with van der Waals surface area (Å²) < 4.78 is 11.0. The lowest BCUT2D eigenvalue weighted by atomic mass is 10.1. The maximum atomic E-state index is 12.4. The molecule has 1 aliphatic heterocycles. The number of hydrogen-bond donors (Lipinski definition) is 1. The number of nitrogens with one attached hydrogen (secondary N) is 1. The molecular formula is C21H18N2O3. The zero-order chi connectivity index (χ0) is 18.4. The molecule has 5 heteroatoms. The Morgan fingerprint density at radius 3 is 2.58 bits per heavy atom. The Labute approximate surface area is 152 Å². The molecule has 1 heterocycles. The number of carbonyl (C=O) groups excluding carboxylic acids is 1. The van der Waals surface area contributed by atoms with Gasteiger partial charge >= 0.3 is 0 Å². The van der Waals surface area contributed by atoms with Gasteiger partial charge in [0.15, 0.2) is 11.5 Å². The maximum Gasteiger partial charge on any atom is 0.266 e. The number of benzene rings is 2. The van der Waals surface area contributed by atoms with Gasteiger partial charge in [0.2, 0.25) is 0 Å². The summed E-state index contributed by atoms with van der Waals surface area (Å²) in [5.74, 6) is 0.758. The van der Waals surface area contributed by atoms with Gasteiger partial charge in [-0.3, -0.25) is 4.79 Å². The molecule has 130 valence electrons. The average molecular weight is 346 g/mol. The number of carbonyl (C=O) groups is 1. The van der Waals surface area contributed by atoms with E-state index < -0.39 is 5.91 Å². The number of hydrogen-bond acceptors (Lipinski definition) is 4. The third-order valence-corrected chi connectivity index (χ3v) is 3.73. The van der Waals surface area contributed by atoms with Crippen molar-refractivity contribution in [2.75, 3.05) is 18.5 Å². The molecule has 1 N–H and O–H groups in total. The maximum absolute atomic E-state index is 12.4. The number of rotatable bonds is 4. The SMILES string of the molecule is CC(=C/c1ccccc1)/C=C(/C#N)C(=O)Nc1ccc2c(c1)OCCO2. The van der Waals surface area contributed by atoms with E-state index in [4.69, 9.17) is 9.47 Å². The van der Waals surface area contributed by atoms with E-state index in [1.807, 2.05) is 49.4 Å². The van der Waals surface area contributed by atoms with Crippen molar-refractivity contribution in [2.45, 2.75) is 6.92 Å². The smallest absolute Gasteiger partial charge is 0.266 e. The summed E-state index contributed by atoms with van der Waals surface area (Å²) in [4.78, 5) is 12.4. The van der Waals surface area contributed by atoms with Crippen molar-refractivity contribution in [1.82, 2.24) is 0 Å². The van der Waals surface area contributed by atoms with E-state index in [0.29, 0.717) is 30.4 Å².